The molecule has 3 rings (SSSR count). The van der Waals surface area contributed by atoms with E-state index in [1.165, 1.54) is 0 Å². The molecule has 1 aliphatic rings. The SMILES string of the molecule is CC(C)n1ccc2c(C(=O)O)cc(C3(S(=O)O)CC3)cc21. The van der Waals surface area contributed by atoms with Gasteiger partial charge in [0.05, 0.1) is 10.3 Å². The van der Waals surface area contributed by atoms with Crippen LogP contribution in [0.15, 0.2) is 24.4 Å². The van der Waals surface area contributed by atoms with E-state index in [2.05, 4.69) is 0 Å². The lowest BCUT2D eigenvalue weighted by Gasteiger charge is -2.15. The lowest BCUT2D eigenvalue weighted by atomic mass is 10.0. The van der Waals surface area contributed by atoms with Crippen molar-refractivity contribution in [1.82, 2.24) is 4.57 Å². The number of hydrogen-bond donors (Lipinski definition) is 2. The van der Waals surface area contributed by atoms with Crippen LogP contribution in [0.2, 0.25) is 0 Å². The van der Waals surface area contributed by atoms with Gasteiger partial charge in [0.2, 0.25) is 0 Å². The maximum Gasteiger partial charge on any atom is 0.336 e. The van der Waals surface area contributed by atoms with Crippen LogP contribution in [0.5, 0.6) is 0 Å². The predicted molar refractivity (Wildman–Crippen MR) is 81.0 cm³/mol. The highest BCUT2D eigenvalue weighted by Crippen LogP contribution is 2.51. The molecule has 0 bridgehead atoms. The van der Waals surface area contributed by atoms with Crippen molar-refractivity contribution in [3.63, 3.8) is 0 Å². The second kappa shape index (κ2) is 4.68. The molecule has 6 heteroatoms. The van der Waals surface area contributed by atoms with Crippen molar-refractivity contribution in [2.24, 2.45) is 0 Å². The van der Waals surface area contributed by atoms with E-state index in [-0.39, 0.29) is 11.6 Å². The number of benzene rings is 1. The van der Waals surface area contributed by atoms with Gasteiger partial charge in [-0.1, -0.05) is 0 Å². The normalized spacial score (nSPS) is 18.1. The summed E-state index contributed by atoms with van der Waals surface area (Å²) in [4.78, 5) is 11.5. The average molecular weight is 307 g/mol. The maximum absolute atomic E-state index is 11.6. The molecule has 0 amide bonds. The first-order valence-electron chi connectivity index (χ1n) is 6.86. The fourth-order valence-electron chi connectivity index (χ4n) is 2.83. The first-order chi connectivity index (χ1) is 9.86. The van der Waals surface area contributed by atoms with Gasteiger partial charge in [-0.2, -0.15) is 0 Å². The molecule has 2 N–H and O–H groups in total. The van der Waals surface area contributed by atoms with Crippen molar-refractivity contribution in [3.8, 4) is 0 Å². The van der Waals surface area contributed by atoms with Crippen LogP contribution in [0.3, 0.4) is 0 Å². The van der Waals surface area contributed by atoms with Crippen LogP contribution >= 0.6 is 0 Å². The lowest BCUT2D eigenvalue weighted by Crippen LogP contribution is -2.15. The Morgan fingerprint density at radius 3 is 2.52 bits per heavy atom. The van der Waals surface area contributed by atoms with E-state index in [1.54, 1.807) is 12.1 Å². The molecule has 1 saturated carbocycles. The second-order valence-corrected chi connectivity index (χ2v) is 7.10. The molecule has 1 aromatic heterocycles. The van der Waals surface area contributed by atoms with Crippen LogP contribution in [0.1, 0.15) is 48.7 Å². The number of rotatable bonds is 4. The number of hydrogen-bond acceptors (Lipinski definition) is 2. The van der Waals surface area contributed by atoms with Crippen molar-refractivity contribution in [3.05, 3.63) is 35.5 Å². The fourth-order valence-corrected chi connectivity index (χ4v) is 3.60. The van der Waals surface area contributed by atoms with Crippen molar-refractivity contribution >= 4 is 28.0 Å². The molecule has 112 valence electrons. The number of fused-ring (bicyclic) bond motifs is 1. The summed E-state index contributed by atoms with van der Waals surface area (Å²) in [6.45, 7) is 4.04. The molecule has 0 saturated heterocycles. The summed E-state index contributed by atoms with van der Waals surface area (Å²) in [5.41, 5.74) is 1.64. The van der Waals surface area contributed by atoms with Crippen LogP contribution in [0.4, 0.5) is 0 Å². The van der Waals surface area contributed by atoms with Gasteiger partial charge in [0, 0.05) is 23.1 Å². The smallest absolute Gasteiger partial charge is 0.336 e. The van der Waals surface area contributed by atoms with E-state index in [0.717, 1.165) is 5.52 Å². The summed E-state index contributed by atoms with van der Waals surface area (Å²) in [6, 6.07) is 5.39. The summed E-state index contributed by atoms with van der Waals surface area (Å²) in [6.07, 6.45) is 3.09. The fraction of sp³-hybridized carbons (Fsp3) is 0.400. The minimum Gasteiger partial charge on any atom is -0.478 e. The zero-order valence-electron chi connectivity index (χ0n) is 11.9. The van der Waals surface area contributed by atoms with Crippen LogP contribution in [0.25, 0.3) is 10.9 Å². The Labute approximate surface area is 124 Å². The molecule has 1 atom stereocenters. The van der Waals surface area contributed by atoms with Gasteiger partial charge in [-0.05, 0) is 50.5 Å². The topological polar surface area (TPSA) is 79.5 Å². The second-order valence-electron chi connectivity index (χ2n) is 5.82. The summed E-state index contributed by atoms with van der Waals surface area (Å²) >= 11 is -1.99. The van der Waals surface area contributed by atoms with Gasteiger partial charge in [-0.15, -0.1) is 0 Å². The van der Waals surface area contributed by atoms with Crippen LogP contribution in [-0.4, -0.2) is 24.4 Å². The van der Waals surface area contributed by atoms with Gasteiger partial charge in [0.25, 0.3) is 0 Å². The quantitative estimate of drug-likeness (QED) is 0.850. The molecule has 0 radical (unpaired) electrons. The molecule has 1 fully saturated rings. The Bertz CT molecular complexity index is 758. The average Bonchev–Trinajstić information content (AvgIpc) is 3.11. The van der Waals surface area contributed by atoms with E-state index in [0.29, 0.717) is 23.8 Å². The minimum absolute atomic E-state index is 0.189. The summed E-state index contributed by atoms with van der Waals surface area (Å²) in [7, 11) is 0. The number of aromatic nitrogens is 1. The summed E-state index contributed by atoms with van der Waals surface area (Å²) in [5, 5.41) is 10.1. The van der Waals surface area contributed by atoms with Crippen molar-refractivity contribution in [2.45, 2.75) is 37.5 Å². The maximum atomic E-state index is 11.6. The number of carboxylic acid groups (broad SMARTS) is 1. The molecule has 1 unspecified atom stereocenters. The number of carboxylic acids is 1. The predicted octanol–water partition coefficient (Wildman–Crippen LogP) is 3.13. The largest absolute Gasteiger partial charge is 0.478 e. The van der Waals surface area contributed by atoms with Crippen molar-refractivity contribution in [2.75, 3.05) is 0 Å². The molecule has 1 heterocycles. The van der Waals surface area contributed by atoms with E-state index in [9.17, 15) is 18.7 Å². The molecule has 21 heavy (non-hydrogen) atoms. The highest BCUT2D eigenvalue weighted by Gasteiger charge is 2.50. The van der Waals surface area contributed by atoms with E-state index in [1.807, 2.05) is 30.7 Å². The summed E-state index contributed by atoms with van der Waals surface area (Å²) < 4.78 is 22.4. The lowest BCUT2D eigenvalue weighted by molar-refractivity contribution is 0.0699. The Balaban J connectivity index is 2.30. The van der Waals surface area contributed by atoms with Gasteiger partial charge < -0.3 is 14.2 Å². The van der Waals surface area contributed by atoms with Crippen molar-refractivity contribution < 1.29 is 18.7 Å². The molecule has 0 aliphatic heterocycles. The van der Waals surface area contributed by atoms with E-state index in [4.69, 9.17) is 0 Å². The number of nitrogens with zero attached hydrogens (tertiary/aromatic N) is 1. The van der Waals surface area contributed by atoms with Crippen LogP contribution < -0.4 is 0 Å². The Morgan fingerprint density at radius 1 is 1.38 bits per heavy atom. The van der Waals surface area contributed by atoms with Crippen LogP contribution in [0, 0.1) is 0 Å². The molecule has 2 aromatic rings. The molecule has 0 spiro atoms. The standard InChI is InChI=1S/C15H17NO4S/c1-9(2)16-6-3-11-12(14(17)18)7-10(8-13(11)16)15(4-5-15)21(19)20/h3,6-9H,4-5H2,1-2H3,(H,17,18)(H,19,20). The van der Waals surface area contributed by atoms with Gasteiger partial charge in [0.15, 0.2) is 11.1 Å². The highest BCUT2D eigenvalue weighted by atomic mass is 32.2. The van der Waals surface area contributed by atoms with E-state index >= 15 is 0 Å². The molecule has 1 aromatic carbocycles. The third kappa shape index (κ3) is 2.10. The first kappa shape index (κ1) is 14.3. The van der Waals surface area contributed by atoms with Gasteiger partial charge in [-0.3, -0.25) is 0 Å². The Hall–Kier alpha value is -1.66. The van der Waals surface area contributed by atoms with Crippen LogP contribution in [-0.2, 0) is 15.8 Å². The molecular weight excluding hydrogens is 290 g/mol. The third-order valence-electron chi connectivity index (χ3n) is 4.19. The monoisotopic (exact) mass is 307 g/mol. The third-order valence-corrected chi connectivity index (χ3v) is 5.50. The van der Waals surface area contributed by atoms with Gasteiger partial charge in [0.1, 0.15) is 0 Å². The Morgan fingerprint density at radius 2 is 2.05 bits per heavy atom. The van der Waals surface area contributed by atoms with Gasteiger partial charge >= 0.3 is 5.97 Å². The molecular formula is C15H17NO4S. The number of aromatic carboxylic acids is 1. The number of carbonyl (C=O) groups is 1. The highest BCUT2D eigenvalue weighted by molar-refractivity contribution is 7.80. The van der Waals surface area contributed by atoms with Crippen molar-refractivity contribution in [1.29, 1.82) is 0 Å². The zero-order valence-corrected chi connectivity index (χ0v) is 12.7. The summed E-state index contributed by atoms with van der Waals surface area (Å²) in [5.74, 6) is -1.01. The molecule has 5 nitrogen and oxygen atoms in total. The van der Waals surface area contributed by atoms with Gasteiger partial charge in [-0.25, -0.2) is 9.00 Å². The zero-order chi connectivity index (χ0) is 15.4. The molecule has 1 aliphatic carbocycles. The minimum atomic E-state index is -1.99. The first-order valence-corrected chi connectivity index (χ1v) is 7.97. The Kier molecular flexibility index (Phi) is 3.18. The van der Waals surface area contributed by atoms with E-state index < -0.39 is 21.8 Å².